The van der Waals surface area contributed by atoms with Crippen LogP contribution >= 0.6 is 0 Å². The predicted molar refractivity (Wildman–Crippen MR) is 121 cm³/mol. The second-order valence-electron chi connectivity index (χ2n) is 7.08. The van der Waals surface area contributed by atoms with E-state index in [2.05, 4.69) is 15.7 Å². The van der Waals surface area contributed by atoms with Gasteiger partial charge in [0.2, 0.25) is 5.91 Å². The Morgan fingerprint density at radius 1 is 1.03 bits per heavy atom. The van der Waals surface area contributed by atoms with Crippen LogP contribution in [0.25, 0.3) is 22.3 Å². The third-order valence-corrected chi connectivity index (χ3v) is 5.12. The number of fused-ring (bicyclic) bond motifs is 1. The lowest BCUT2D eigenvalue weighted by Gasteiger charge is -2.12. The van der Waals surface area contributed by atoms with Crippen molar-refractivity contribution < 1.29 is 9.59 Å². The zero-order valence-corrected chi connectivity index (χ0v) is 17.4. The van der Waals surface area contributed by atoms with E-state index in [1.807, 2.05) is 55.5 Å². The number of pyridine rings is 1. The van der Waals surface area contributed by atoms with Gasteiger partial charge in [-0.1, -0.05) is 48.5 Å². The average Bonchev–Trinajstić information content (AvgIpc) is 3.23. The van der Waals surface area contributed by atoms with Gasteiger partial charge in [0.1, 0.15) is 0 Å². The molecule has 0 aliphatic carbocycles. The van der Waals surface area contributed by atoms with Crippen LogP contribution in [0.5, 0.6) is 0 Å². The maximum atomic E-state index is 13.3. The van der Waals surface area contributed by atoms with Gasteiger partial charge in [-0.2, -0.15) is 5.10 Å². The first kappa shape index (κ1) is 20.3. The maximum Gasteiger partial charge on any atom is 0.256 e. The second-order valence-corrected chi connectivity index (χ2v) is 7.08. The lowest BCUT2D eigenvalue weighted by atomic mass is 10.1. The highest BCUT2D eigenvalue weighted by Crippen LogP contribution is 2.26. The number of likely N-dealkylation sites (N-methyl/N-ethyl adjacent to an activating group) is 1. The molecule has 0 saturated heterocycles. The highest BCUT2D eigenvalue weighted by molar-refractivity contribution is 6.13. The van der Waals surface area contributed by atoms with Crippen molar-refractivity contribution in [2.45, 2.75) is 19.9 Å². The van der Waals surface area contributed by atoms with Crippen LogP contribution in [0, 0.1) is 0 Å². The summed E-state index contributed by atoms with van der Waals surface area (Å²) in [6.45, 7) is 2.63. The molecule has 0 radical (unpaired) electrons. The summed E-state index contributed by atoms with van der Waals surface area (Å²) in [5, 5.41) is 10.7. The van der Waals surface area contributed by atoms with E-state index in [4.69, 9.17) is 4.98 Å². The molecule has 0 spiro atoms. The molecule has 7 nitrogen and oxygen atoms in total. The molecule has 0 saturated carbocycles. The van der Waals surface area contributed by atoms with Crippen LogP contribution in [-0.2, 0) is 17.8 Å². The molecule has 31 heavy (non-hydrogen) atoms. The van der Waals surface area contributed by atoms with Crippen molar-refractivity contribution in [3.63, 3.8) is 0 Å². The van der Waals surface area contributed by atoms with E-state index in [0.717, 1.165) is 11.1 Å². The van der Waals surface area contributed by atoms with Crippen molar-refractivity contribution in [1.82, 2.24) is 20.1 Å². The van der Waals surface area contributed by atoms with Gasteiger partial charge >= 0.3 is 0 Å². The first-order valence-electron chi connectivity index (χ1n) is 10.1. The molecule has 156 valence electrons. The summed E-state index contributed by atoms with van der Waals surface area (Å²) in [6, 6.07) is 18.8. The Labute approximate surface area is 180 Å². The first-order valence-corrected chi connectivity index (χ1v) is 10.1. The highest BCUT2D eigenvalue weighted by atomic mass is 16.2. The molecular formula is C24H23N5O2. The Kier molecular flexibility index (Phi) is 5.75. The van der Waals surface area contributed by atoms with E-state index in [-0.39, 0.29) is 18.2 Å². The Morgan fingerprint density at radius 3 is 2.52 bits per heavy atom. The van der Waals surface area contributed by atoms with Gasteiger partial charge < -0.3 is 10.6 Å². The molecule has 2 aromatic heterocycles. The van der Waals surface area contributed by atoms with Gasteiger partial charge in [-0.15, -0.1) is 0 Å². The van der Waals surface area contributed by atoms with Gasteiger partial charge in [0, 0.05) is 24.8 Å². The van der Waals surface area contributed by atoms with E-state index < -0.39 is 0 Å². The molecule has 7 heteroatoms. The number of nitrogens with zero attached hydrogens (tertiary/aromatic N) is 3. The van der Waals surface area contributed by atoms with Gasteiger partial charge in [-0.25, -0.2) is 9.67 Å². The summed E-state index contributed by atoms with van der Waals surface area (Å²) in [5.74, 6) is -0.395. The Morgan fingerprint density at radius 2 is 1.77 bits per heavy atom. The molecule has 0 aliphatic heterocycles. The zero-order chi connectivity index (χ0) is 21.8. The molecule has 2 amide bonds. The summed E-state index contributed by atoms with van der Waals surface area (Å²) in [4.78, 5) is 30.0. The molecule has 2 aromatic carbocycles. The third kappa shape index (κ3) is 4.16. The van der Waals surface area contributed by atoms with E-state index in [1.165, 1.54) is 0 Å². The number of anilines is 1. The molecular weight excluding hydrogens is 390 g/mol. The van der Waals surface area contributed by atoms with Crippen LogP contribution in [0.1, 0.15) is 22.8 Å². The number of nitrogens with one attached hydrogen (secondary N) is 2. The van der Waals surface area contributed by atoms with Crippen molar-refractivity contribution in [1.29, 1.82) is 0 Å². The Hall–Kier alpha value is -4.00. The topological polar surface area (TPSA) is 88.9 Å². The van der Waals surface area contributed by atoms with Crippen LogP contribution in [0.3, 0.4) is 0 Å². The molecule has 0 fully saturated rings. The van der Waals surface area contributed by atoms with Gasteiger partial charge in [0.15, 0.2) is 5.65 Å². The van der Waals surface area contributed by atoms with Gasteiger partial charge in [0.25, 0.3) is 5.91 Å². The molecule has 2 heterocycles. The van der Waals surface area contributed by atoms with E-state index >= 15 is 0 Å². The minimum atomic E-state index is -0.274. The van der Waals surface area contributed by atoms with E-state index in [0.29, 0.717) is 34.5 Å². The molecule has 0 bridgehead atoms. The molecule has 2 N–H and O–H groups in total. The van der Waals surface area contributed by atoms with Crippen molar-refractivity contribution in [2.24, 2.45) is 0 Å². The minimum absolute atomic E-state index is 0.122. The van der Waals surface area contributed by atoms with Crippen LogP contribution < -0.4 is 10.6 Å². The molecule has 4 aromatic rings. The van der Waals surface area contributed by atoms with Crippen molar-refractivity contribution in [3.8, 4) is 11.3 Å². The third-order valence-electron chi connectivity index (χ3n) is 5.12. The number of benzene rings is 2. The zero-order valence-electron chi connectivity index (χ0n) is 17.4. The first-order chi connectivity index (χ1) is 15.1. The second kappa shape index (κ2) is 8.79. The van der Waals surface area contributed by atoms with Crippen LogP contribution in [-0.4, -0.2) is 33.6 Å². The fraction of sp³-hybridized carbons (Fsp3) is 0.167. The Bertz CT molecular complexity index is 1250. The van der Waals surface area contributed by atoms with Gasteiger partial charge in [-0.05, 0) is 24.6 Å². The number of carbonyl (C=O) groups excluding carboxylic acids is 2. The van der Waals surface area contributed by atoms with Crippen LogP contribution in [0.4, 0.5) is 5.69 Å². The quantitative estimate of drug-likeness (QED) is 0.505. The molecule has 0 unspecified atom stereocenters. The lowest BCUT2D eigenvalue weighted by Crippen LogP contribution is -2.21. The summed E-state index contributed by atoms with van der Waals surface area (Å²) in [5.41, 5.74) is 4.11. The fourth-order valence-electron chi connectivity index (χ4n) is 3.47. The monoisotopic (exact) mass is 413 g/mol. The summed E-state index contributed by atoms with van der Waals surface area (Å²) < 4.78 is 1.78. The number of rotatable bonds is 6. The maximum absolute atomic E-state index is 13.3. The number of hydrogen-bond acceptors (Lipinski definition) is 4. The summed E-state index contributed by atoms with van der Waals surface area (Å²) >= 11 is 0. The van der Waals surface area contributed by atoms with Gasteiger partial charge in [-0.3, -0.25) is 9.59 Å². The molecule has 0 aliphatic rings. The van der Waals surface area contributed by atoms with Gasteiger partial charge in [0.05, 0.1) is 29.3 Å². The van der Waals surface area contributed by atoms with Crippen molar-refractivity contribution in [3.05, 3.63) is 78.0 Å². The van der Waals surface area contributed by atoms with Crippen molar-refractivity contribution >= 4 is 28.5 Å². The highest BCUT2D eigenvalue weighted by Gasteiger charge is 2.18. The fourth-order valence-corrected chi connectivity index (χ4v) is 3.47. The molecule has 4 rings (SSSR count). The summed E-state index contributed by atoms with van der Waals surface area (Å²) in [7, 11) is 1.59. The SMILES string of the molecule is CCn1ncc2c(C(=O)Nc3ccccc3CC(=O)NC)cc(-c3ccccc3)nc21. The smallest absolute Gasteiger partial charge is 0.256 e. The minimum Gasteiger partial charge on any atom is -0.359 e. The Balaban J connectivity index is 1.77. The lowest BCUT2D eigenvalue weighted by molar-refractivity contribution is -0.119. The number of amides is 2. The summed E-state index contributed by atoms with van der Waals surface area (Å²) in [6.07, 6.45) is 1.85. The number of para-hydroxylation sites is 1. The van der Waals surface area contributed by atoms with E-state index in [1.54, 1.807) is 30.1 Å². The average molecular weight is 413 g/mol. The number of aryl methyl sites for hydroxylation is 1. The number of aromatic nitrogens is 3. The van der Waals surface area contributed by atoms with Crippen molar-refractivity contribution in [2.75, 3.05) is 12.4 Å². The molecule has 0 atom stereocenters. The number of hydrogen-bond donors (Lipinski definition) is 2. The predicted octanol–water partition coefficient (Wildman–Crippen LogP) is 3.66. The standard InChI is InChI=1S/C24H23N5O2/c1-3-29-23-19(15-26-29)18(14-21(27-23)16-9-5-4-6-10-16)24(31)28-20-12-8-7-11-17(20)13-22(30)25-2/h4-12,14-15H,3,13H2,1-2H3,(H,25,30)(H,28,31). The van der Waals surface area contributed by atoms with E-state index in [9.17, 15) is 9.59 Å². The number of carbonyl (C=O) groups is 2. The normalized spacial score (nSPS) is 10.8. The van der Waals surface area contributed by atoms with Crippen LogP contribution in [0.2, 0.25) is 0 Å². The largest absolute Gasteiger partial charge is 0.359 e. The van der Waals surface area contributed by atoms with Crippen LogP contribution in [0.15, 0.2) is 66.9 Å².